The highest BCUT2D eigenvalue weighted by Gasteiger charge is 2.19. The zero-order chi connectivity index (χ0) is 14.5. The molecule has 2 rings (SSSR count). The van der Waals surface area contributed by atoms with Gasteiger partial charge < -0.3 is 9.84 Å². The van der Waals surface area contributed by atoms with E-state index in [4.69, 9.17) is 9.84 Å². The van der Waals surface area contributed by atoms with Gasteiger partial charge in [-0.25, -0.2) is 9.59 Å². The maximum Gasteiger partial charge on any atom is 0.413 e. The van der Waals surface area contributed by atoms with Crippen molar-refractivity contribution in [1.29, 1.82) is 0 Å². The lowest BCUT2D eigenvalue weighted by Gasteiger charge is -2.06. The van der Waals surface area contributed by atoms with Crippen LogP contribution in [0.3, 0.4) is 0 Å². The van der Waals surface area contributed by atoms with Gasteiger partial charge in [0.25, 0.3) is 0 Å². The van der Waals surface area contributed by atoms with Crippen LogP contribution < -0.4 is 5.32 Å². The van der Waals surface area contributed by atoms with E-state index in [-0.39, 0.29) is 18.0 Å². The summed E-state index contributed by atoms with van der Waals surface area (Å²) in [6, 6.07) is 9.18. The Morgan fingerprint density at radius 2 is 2.05 bits per heavy atom. The number of aryl methyl sites for hydroxylation is 1. The van der Waals surface area contributed by atoms with Crippen molar-refractivity contribution in [2.24, 2.45) is 0 Å². The third-order valence-corrected chi connectivity index (χ3v) is 3.26. The number of amides is 1. The molecule has 104 valence electrons. The molecule has 20 heavy (non-hydrogen) atoms. The smallest absolute Gasteiger partial charge is 0.413 e. The summed E-state index contributed by atoms with van der Waals surface area (Å²) in [5.74, 6) is -1.12. The molecule has 0 aliphatic carbocycles. The summed E-state index contributed by atoms with van der Waals surface area (Å²) >= 11 is 1.01. The number of aromatic nitrogens is 1. The minimum Gasteiger partial charge on any atom is -0.478 e. The first-order valence-corrected chi connectivity index (χ1v) is 6.52. The Morgan fingerprint density at radius 1 is 1.35 bits per heavy atom. The molecule has 0 spiro atoms. The number of ether oxygens (including phenoxy) is 1. The number of benzene rings is 1. The second-order valence-electron chi connectivity index (χ2n) is 3.95. The zero-order valence-electron chi connectivity index (χ0n) is 10.6. The lowest BCUT2D eigenvalue weighted by Crippen LogP contribution is -2.16. The molecule has 2 aromatic rings. The number of carbonyl (C=O) groups excluding carboxylic acids is 1. The second kappa shape index (κ2) is 6.16. The van der Waals surface area contributed by atoms with Crippen molar-refractivity contribution in [3.05, 3.63) is 46.3 Å². The van der Waals surface area contributed by atoms with Gasteiger partial charge in [0, 0.05) is 4.88 Å². The lowest BCUT2D eigenvalue weighted by atomic mass is 10.2. The first kappa shape index (κ1) is 14.0. The molecule has 0 aliphatic heterocycles. The van der Waals surface area contributed by atoms with Crippen molar-refractivity contribution in [2.75, 3.05) is 5.32 Å². The molecule has 6 nitrogen and oxygen atoms in total. The van der Waals surface area contributed by atoms with Crippen molar-refractivity contribution in [1.82, 2.24) is 4.37 Å². The number of hydrogen-bond donors (Lipinski definition) is 2. The van der Waals surface area contributed by atoms with Crippen molar-refractivity contribution in [3.63, 3.8) is 0 Å². The van der Waals surface area contributed by atoms with Crippen LogP contribution in [0.5, 0.6) is 0 Å². The Kier molecular flexibility index (Phi) is 4.31. The Bertz CT molecular complexity index is 625. The zero-order valence-corrected chi connectivity index (χ0v) is 11.4. The van der Waals surface area contributed by atoms with Gasteiger partial charge in [-0.15, -0.1) is 0 Å². The van der Waals surface area contributed by atoms with E-state index < -0.39 is 12.1 Å². The highest BCUT2D eigenvalue weighted by atomic mass is 32.1. The molecule has 1 aromatic heterocycles. The van der Waals surface area contributed by atoms with Gasteiger partial charge in [0.1, 0.15) is 12.2 Å². The van der Waals surface area contributed by atoms with Gasteiger partial charge in [-0.2, -0.15) is 4.37 Å². The summed E-state index contributed by atoms with van der Waals surface area (Å²) in [6.45, 7) is 1.74. The van der Waals surface area contributed by atoms with Crippen LogP contribution in [-0.4, -0.2) is 21.5 Å². The Labute approximate surface area is 119 Å². The third-order valence-electron chi connectivity index (χ3n) is 2.51. The van der Waals surface area contributed by atoms with Gasteiger partial charge in [-0.3, -0.25) is 5.32 Å². The van der Waals surface area contributed by atoms with Gasteiger partial charge in [0.15, 0.2) is 5.82 Å². The van der Waals surface area contributed by atoms with Crippen LogP contribution in [0.25, 0.3) is 0 Å². The predicted molar refractivity (Wildman–Crippen MR) is 74.1 cm³/mol. The summed E-state index contributed by atoms with van der Waals surface area (Å²) in [5.41, 5.74) is 0.835. The number of rotatable bonds is 4. The summed E-state index contributed by atoms with van der Waals surface area (Å²) < 4.78 is 8.88. The second-order valence-corrected chi connectivity index (χ2v) is 4.93. The molecule has 0 unspecified atom stereocenters. The molecule has 0 atom stereocenters. The number of carbonyl (C=O) groups is 2. The summed E-state index contributed by atoms with van der Waals surface area (Å²) in [6.07, 6.45) is -0.735. The number of anilines is 1. The van der Waals surface area contributed by atoms with Crippen molar-refractivity contribution < 1.29 is 19.4 Å². The number of aromatic carboxylic acids is 1. The first-order chi connectivity index (χ1) is 9.58. The Hall–Kier alpha value is -2.41. The molecular weight excluding hydrogens is 280 g/mol. The number of carboxylic acid groups (broad SMARTS) is 1. The number of carboxylic acids is 1. The van der Waals surface area contributed by atoms with Crippen LogP contribution in [0.4, 0.5) is 10.6 Å². The van der Waals surface area contributed by atoms with Crippen molar-refractivity contribution >= 4 is 29.4 Å². The standard InChI is InChI=1S/C13H12N2O4S/c1-8-10(12(16)17)11(15-20-8)14-13(18)19-7-9-5-3-2-4-6-9/h2-6H,7H2,1H3,(H,16,17)(H,14,15,18). The van der Waals surface area contributed by atoms with E-state index in [0.717, 1.165) is 17.1 Å². The summed E-state index contributed by atoms with van der Waals surface area (Å²) in [4.78, 5) is 23.2. The maximum atomic E-state index is 11.6. The fraction of sp³-hybridized carbons (Fsp3) is 0.154. The monoisotopic (exact) mass is 292 g/mol. The van der Waals surface area contributed by atoms with Gasteiger partial charge in [-0.05, 0) is 24.0 Å². The predicted octanol–water partition coefficient (Wildman–Crippen LogP) is 2.90. The van der Waals surface area contributed by atoms with E-state index in [0.29, 0.717) is 4.88 Å². The van der Waals surface area contributed by atoms with Crippen LogP contribution in [0, 0.1) is 6.92 Å². The molecule has 0 fully saturated rings. The number of nitrogens with zero attached hydrogens (tertiary/aromatic N) is 1. The van der Waals surface area contributed by atoms with E-state index >= 15 is 0 Å². The minimum atomic E-state index is -1.13. The molecule has 7 heteroatoms. The highest BCUT2D eigenvalue weighted by molar-refractivity contribution is 7.06. The van der Waals surface area contributed by atoms with E-state index in [2.05, 4.69) is 9.69 Å². The van der Waals surface area contributed by atoms with Crippen LogP contribution in [0.1, 0.15) is 20.8 Å². The fourth-order valence-electron chi connectivity index (χ4n) is 1.57. The third kappa shape index (κ3) is 3.33. The van der Waals surface area contributed by atoms with Gasteiger partial charge in [-0.1, -0.05) is 30.3 Å². The van der Waals surface area contributed by atoms with Gasteiger partial charge >= 0.3 is 12.1 Å². The average molecular weight is 292 g/mol. The summed E-state index contributed by atoms with van der Waals surface area (Å²) in [7, 11) is 0. The molecule has 1 heterocycles. The topological polar surface area (TPSA) is 88.5 Å². The van der Waals surface area contributed by atoms with E-state index in [9.17, 15) is 9.59 Å². The normalized spacial score (nSPS) is 10.1. The minimum absolute atomic E-state index is 0.00772. The molecule has 0 saturated heterocycles. The fourth-order valence-corrected chi connectivity index (χ4v) is 2.21. The Morgan fingerprint density at radius 3 is 2.70 bits per heavy atom. The van der Waals surface area contributed by atoms with Crippen molar-refractivity contribution in [3.8, 4) is 0 Å². The molecule has 0 radical (unpaired) electrons. The number of nitrogens with one attached hydrogen (secondary N) is 1. The van der Waals surface area contributed by atoms with Crippen LogP contribution >= 0.6 is 11.5 Å². The molecule has 1 aromatic carbocycles. The first-order valence-electron chi connectivity index (χ1n) is 5.75. The van der Waals surface area contributed by atoms with Crippen LogP contribution in [0.2, 0.25) is 0 Å². The van der Waals surface area contributed by atoms with Crippen LogP contribution in [-0.2, 0) is 11.3 Å². The average Bonchev–Trinajstić information content (AvgIpc) is 2.78. The maximum absolute atomic E-state index is 11.6. The molecule has 2 N–H and O–H groups in total. The lowest BCUT2D eigenvalue weighted by molar-refractivity contribution is 0.0697. The highest BCUT2D eigenvalue weighted by Crippen LogP contribution is 2.22. The molecule has 1 amide bonds. The number of hydrogen-bond acceptors (Lipinski definition) is 5. The Balaban J connectivity index is 1.97. The SMILES string of the molecule is Cc1snc(NC(=O)OCc2ccccc2)c1C(=O)O. The van der Waals surface area contributed by atoms with Gasteiger partial charge in [0.05, 0.1) is 0 Å². The molecule has 0 aliphatic rings. The van der Waals surface area contributed by atoms with Crippen LogP contribution in [0.15, 0.2) is 30.3 Å². The van der Waals surface area contributed by atoms with E-state index in [1.165, 1.54) is 0 Å². The largest absolute Gasteiger partial charge is 0.478 e. The van der Waals surface area contributed by atoms with E-state index in [1.54, 1.807) is 6.92 Å². The molecule has 0 bridgehead atoms. The molecule has 0 saturated carbocycles. The van der Waals surface area contributed by atoms with E-state index in [1.807, 2.05) is 30.3 Å². The van der Waals surface area contributed by atoms with Gasteiger partial charge in [0.2, 0.25) is 0 Å². The quantitative estimate of drug-likeness (QED) is 0.904. The summed E-state index contributed by atoms with van der Waals surface area (Å²) in [5, 5.41) is 11.4. The van der Waals surface area contributed by atoms with Crippen molar-refractivity contribution in [2.45, 2.75) is 13.5 Å². The molecular formula is C13H12N2O4S.